The van der Waals surface area contributed by atoms with Crippen molar-refractivity contribution in [2.24, 2.45) is 0 Å². The predicted octanol–water partition coefficient (Wildman–Crippen LogP) is 1.69. The lowest BCUT2D eigenvalue weighted by molar-refractivity contribution is -0.122. The molecule has 0 saturated carbocycles. The van der Waals surface area contributed by atoms with Crippen LogP contribution in [0.25, 0.3) is 0 Å². The van der Waals surface area contributed by atoms with Crippen LogP contribution in [0.15, 0.2) is 24.3 Å². The largest absolute Gasteiger partial charge is 0.376 e. The van der Waals surface area contributed by atoms with E-state index in [-0.39, 0.29) is 12.0 Å². The first-order valence-electron chi connectivity index (χ1n) is 7.52. The van der Waals surface area contributed by atoms with Crippen molar-refractivity contribution in [3.8, 4) is 0 Å². The Morgan fingerprint density at radius 1 is 1.45 bits per heavy atom. The minimum atomic E-state index is 0.0349. The maximum atomic E-state index is 11.9. The number of hydrogen-bond acceptors (Lipinski definition) is 4. The predicted molar refractivity (Wildman–Crippen MR) is 86.0 cm³/mol. The molecule has 0 spiro atoms. The number of halogens is 1. The van der Waals surface area contributed by atoms with E-state index in [1.54, 1.807) is 0 Å². The number of hydrogen-bond donors (Lipinski definition) is 1. The molecule has 1 aliphatic rings. The van der Waals surface area contributed by atoms with Crippen molar-refractivity contribution in [3.05, 3.63) is 34.9 Å². The normalized spacial score (nSPS) is 18.4. The van der Waals surface area contributed by atoms with E-state index in [1.807, 2.05) is 31.3 Å². The molecule has 1 aromatic carbocycles. The van der Waals surface area contributed by atoms with Gasteiger partial charge in [0.05, 0.1) is 25.9 Å². The van der Waals surface area contributed by atoms with Gasteiger partial charge in [-0.2, -0.15) is 0 Å². The van der Waals surface area contributed by atoms with E-state index in [0.29, 0.717) is 44.4 Å². The summed E-state index contributed by atoms with van der Waals surface area (Å²) in [5, 5.41) is 3.59. The number of nitrogens with one attached hydrogen (secondary N) is 1. The summed E-state index contributed by atoms with van der Waals surface area (Å²) in [6.07, 6.45) is 0.568. The summed E-state index contributed by atoms with van der Waals surface area (Å²) in [7, 11) is 1.99. The molecule has 0 aromatic heterocycles. The Morgan fingerprint density at radius 3 is 3.05 bits per heavy atom. The lowest BCUT2D eigenvalue weighted by Gasteiger charge is -2.27. The second-order valence-corrected chi connectivity index (χ2v) is 5.92. The van der Waals surface area contributed by atoms with E-state index >= 15 is 0 Å². The van der Waals surface area contributed by atoms with Gasteiger partial charge in [-0.3, -0.25) is 4.79 Å². The van der Waals surface area contributed by atoms with Crippen LogP contribution in [0.2, 0.25) is 5.02 Å². The minimum absolute atomic E-state index is 0.0349. The first-order valence-corrected chi connectivity index (χ1v) is 7.90. The summed E-state index contributed by atoms with van der Waals surface area (Å²) in [4.78, 5) is 14.0. The van der Waals surface area contributed by atoms with Crippen molar-refractivity contribution in [1.82, 2.24) is 10.2 Å². The molecular weight excluding hydrogens is 304 g/mol. The number of rotatable bonds is 7. The van der Waals surface area contributed by atoms with Crippen LogP contribution >= 0.6 is 11.6 Å². The number of carbonyl (C=O) groups is 1. The number of likely N-dealkylation sites (N-methyl/N-ethyl adjacent to an activating group) is 1. The molecular formula is C16H23ClN2O3. The van der Waals surface area contributed by atoms with Crippen LogP contribution in [0.5, 0.6) is 0 Å². The molecule has 0 radical (unpaired) electrons. The number of nitrogens with zero attached hydrogens (tertiary/aromatic N) is 1. The second kappa shape index (κ2) is 9.10. The molecule has 5 nitrogen and oxygen atoms in total. The minimum Gasteiger partial charge on any atom is -0.376 e. The summed E-state index contributed by atoms with van der Waals surface area (Å²) in [6.45, 7) is 3.93. The van der Waals surface area contributed by atoms with Gasteiger partial charge in [-0.15, -0.1) is 0 Å². The van der Waals surface area contributed by atoms with Gasteiger partial charge < -0.3 is 19.7 Å². The van der Waals surface area contributed by atoms with E-state index in [9.17, 15) is 4.79 Å². The Hall–Kier alpha value is -1.14. The van der Waals surface area contributed by atoms with Crippen LogP contribution in [0.4, 0.5) is 0 Å². The highest BCUT2D eigenvalue weighted by atomic mass is 35.5. The maximum absolute atomic E-state index is 11.9. The van der Waals surface area contributed by atoms with Crippen LogP contribution < -0.4 is 5.32 Å². The van der Waals surface area contributed by atoms with Gasteiger partial charge in [-0.05, 0) is 24.7 Å². The van der Waals surface area contributed by atoms with E-state index in [2.05, 4.69) is 10.2 Å². The molecule has 0 unspecified atom stereocenters. The molecule has 2 rings (SSSR count). The third-order valence-electron chi connectivity index (χ3n) is 3.50. The van der Waals surface area contributed by atoms with Gasteiger partial charge in [0, 0.05) is 31.1 Å². The molecule has 1 aromatic rings. The van der Waals surface area contributed by atoms with Crippen molar-refractivity contribution in [1.29, 1.82) is 0 Å². The van der Waals surface area contributed by atoms with Gasteiger partial charge in [0.2, 0.25) is 5.91 Å². The molecule has 1 fully saturated rings. The van der Waals surface area contributed by atoms with Crippen LogP contribution in [0, 0.1) is 0 Å². The molecule has 0 aliphatic carbocycles. The van der Waals surface area contributed by atoms with Crippen molar-refractivity contribution in [3.63, 3.8) is 0 Å². The second-order valence-electron chi connectivity index (χ2n) is 5.49. The van der Waals surface area contributed by atoms with E-state index in [4.69, 9.17) is 21.1 Å². The van der Waals surface area contributed by atoms with Crippen LogP contribution in [0.1, 0.15) is 12.0 Å². The monoisotopic (exact) mass is 326 g/mol. The molecule has 122 valence electrons. The number of amides is 1. The molecule has 1 N–H and O–H groups in total. The number of carbonyl (C=O) groups excluding carboxylic acids is 1. The molecule has 0 bridgehead atoms. The highest BCUT2D eigenvalue weighted by Gasteiger charge is 2.16. The number of ether oxygens (including phenoxy) is 2. The Morgan fingerprint density at radius 2 is 2.32 bits per heavy atom. The standard InChI is InChI=1S/C16H23ClN2O3/c1-19(11-15-12-21-7-8-22-15)6-5-16(20)18-10-13-3-2-4-14(17)9-13/h2-4,9,15H,5-8,10-12H2,1H3,(H,18,20)/t15-/m0/s1. The highest BCUT2D eigenvalue weighted by Crippen LogP contribution is 2.10. The van der Waals surface area contributed by atoms with Crippen LogP contribution in [-0.4, -0.2) is 56.9 Å². The van der Waals surface area contributed by atoms with Crippen LogP contribution in [-0.2, 0) is 20.8 Å². The van der Waals surface area contributed by atoms with Gasteiger partial charge in [0.1, 0.15) is 0 Å². The van der Waals surface area contributed by atoms with Crippen molar-refractivity contribution >= 4 is 17.5 Å². The average Bonchev–Trinajstić information content (AvgIpc) is 2.52. The van der Waals surface area contributed by atoms with Crippen molar-refractivity contribution in [2.75, 3.05) is 40.0 Å². The lowest BCUT2D eigenvalue weighted by Crippen LogP contribution is -2.39. The molecule has 6 heteroatoms. The SMILES string of the molecule is CN(CCC(=O)NCc1cccc(Cl)c1)C[C@H]1COCCO1. The van der Waals surface area contributed by atoms with E-state index < -0.39 is 0 Å². The molecule has 1 saturated heterocycles. The quantitative estimate of drug-likeness (QED) is 0.828. The zero-order chi connectivity index (χ0) is 15.8. The van der Waals surface area contributed by atoms with Gasteiger partial charge in [0.15, 0.2) is 0 Å². The summed E-state index contributed by atoms with van der Waals surface area (Å²) >= 11 is 5.91. The number of benzene rings is 1. The third kappa shape index (κ3) is 6.32. The summed E-state index contributed by atoms with van der Waals surface area (Å²) in [6, 6.07) is 7.50. The van der Waals surface area contributed by atoms with Gasteiger partial charge in [0.25, 0.3) is 0 Å². The fourth-order valence-electron chi connectivity index (χ4n) is 2.31. The summed E-state index contributed by atoms with van der Waals surface area (Å²) in [5.74, 6) is 0.0349. The summed E-state index contributed by atoms with van der Waals surface area (Å²) in [5.41, 5.74) is 1.00. The van der Waals surface area contributed by atoms with Crippen molar-refractivity contribution in [2.45, 2.75) is 19.1 Å². The first kappa shape index (κ1) is 17.2. The van der Waals surface area contributed by atoms with E-state index in [0.717, 1.165) is 12.1 Å². The van der Waals surface area contributed by atoms with Gasteiger partial charge >= 0.3 is 0 Å². The summed E-state index contributed by atoms with van der Waals surface area (Å²) < 4.78 is 11.0. The zero-order valence-electron chi connectivity index (χ0n) is 12.9. The highest BCUT2D eigenvalue weighted by molar-refractivity contribution is 6.30. The maximum Gasteiger partial charge on any atom is 0.221 e. The molecule has 1 heterocycles. The third-order valence-corrected chi connectivity index (χ3v) is 3.73. The molecule has 1 atom stereocenters. The zero-order valence-corrected chi connectivity index (χ0v) is 13.6. The lowest BCUT2D eigenvalue weighted by atomic mass is 10.2. The Kier molecular flexibility index (Phi) is 7.12. The Bertz CT molecular complexity index is 478. The fourth-order valence-corrected chi connectivity index (χ4v) is 2.52. The average molecular weight is 327 g/mol. The smallest absolute Gasteiger partial charge is 0.221 e. The fraction of sp³-hybridized carbons (Fsp3) is 0.562. The first-order chi connectivity index (χ1) is 10.6. The molecule has 1 aliphatic heterocycles. The van der Waals surface area contributed by atoms with Gasteiger partial charge in [-0.25, -0.2) is 0 Å². The topological polar surface area (TPSA) is 50.8 Å². The Labute approximate surface area is 136 Å². The van der Waals surface area contributed by atoms with Crippen molar-refractivity contribution < 1.29 is 14.3 Å². The molecule has 1 amide bonds. The Balaban J connectivity index is 1.62. The molecule has 22 heavy (non-hydrogen) atoms. The van der Waals surface area contributed by atoms with Gasteiger partial charge in [-0.1, -0.05) is 23.7 Å². The van der Waals surface area contributed by atoms with E-state index in [1.165, 1.54) is 0 Å². The van der Waals surface area contributed by atoms with Crippen LogP contribution in [0.3, 0.4) is 0 Å².